The van der Waals surface area contributed by atoms with Gasteiger partial charge in [0.1, 0.15) is 30.8 Å². The van der Waals surface area contributed by atoms with E-state index in [0.717, 1.165) is 142 Å². The minimum absolute atomic E-state index is 0.236. The second-order valence-corrected chi connectivity index (χ2v) is 43.7. The highest BCUT2D eigenvalue weighted by molar-refractivity contribution is 5.89. The zero-order valence-corrected chi connectivity index (χ0v) is 86.0. The molecule has 734 valence electrons. The maximum Gasteiger partial charge on any atom is 0.104 e. The summed E-state index contributed by atoms with van der Waals surface area (Å²) >= 11 is 0. The van der Waals surface area contributed by atoms with Crippen molar-refractivity contribution in [1.29, 1.82) is 0 Å². The Morgan fingerprint density at radius 1 is 0.246 bits per heavy atom. The van der Waals surface area contributed by atoms with Crippen molar-refractivity contribution in [2.45, 2.75) is 331 Å². The molecule has 0 spiro atoms. The smallest absolute Gasteiger partial charge is 0.104 e. The first-order valence-corrected chi connectivity index (χ1v) is 53.7. The van der Waals surface area contributed by atoms with Gasteiger partial charge in [0.05, 0.1) is 58.0 Å². The van der Waals surface area contributed by atoms with Crippen LogP contribution in [0, 0.1) is 64.2 Å². The van der Waals surface area contributed by atoms with E-state index in [-0.39, 0.29) is 16.6 Å². The maximum atomic E-state index is 9.02. The minimum atomic E-state index is -2.27. The van der Waals surface area contributed by atoms with Crippen LogP contribution in [-0.2, 0) is 22.2 Å². The molecule has 10 aliphatic heterocycles. The Labute approximate surface area is 874 Å². The Bertz CT molecular complexity index is 7410. The summed E-state index contributed by atoms with van der Waals surface area (Å²) in [6.45, 7) is 16.0. The molecule has 142 heavy (non-hydrogen) atoms. The first-order valence-electron chi connectivity index (χ1n) is 61.7. The van der Waals surface area contributed by atoms with Crippen LogP contribution in [0.15, 0.2) is 301 Å². The van der Waals surface area contributed by atoms with Crippen LogP contribution in [0.3, 0.4) is 0 Å². The molecule has 0 radical (unpaired) electrons. The fraction of sp³-hybridized carbons (Fsp3) is 0.424. The van der Waals surface area contributed by atoms with Gasteiger partial charge < -0.3 is 49.0 Å². The number of nitrogens with zero attached hydrogens (tertiary/aromatic N) is 10. The standard InChI is InChI=1S/C31H40N2.C30H38N2.C26H26N2.C25H30N2.C20H22N2/c1-22-14-10-13-21-29(22)32-23(2)30-27-19-11-12-20-28(27)31(33(30)24(32)3,25-15-6-4-7-16-25)26-17-8-5-9-18-26;1-21-13-7-12-20-28(21)31-22(2)29-26-18-10-11-19-27(26)30(32(29)23(31)3,25-16-8-9-17-25)24-14-5-4-6-15-24;1-18-12-8-11-17-24(18)27-19(2)25-22-15-9-10-16-23(22)26(4,28(25)20(27)3)21-13-6-5-7-14-21;1-17-11-5-10-16-23(17)26-18(2)24-21-14-8-9-15-22(21)25(4,27(24)19(26)3)20-12-6-7-13-20;1-13-9-5-8-12-19(13)21-15(3)20-18-11-7-6-10-17(18)14(2)22(20)16(21)4/h10-14,19-21,24-26H,4-9,15-18H2,1-3H3;7,10-13,18-20,23-25H,4-6,8-9,14-17H2,1-3H3;5-17,20H,1-4H3;5,8-11,14-16,19-20H,6-7,12-13H2,1-4H3;5-12,14,16H,1-4H3/i4*3D3;4D3,14D. The summed E-state index contributed by atoms with van der Waals surface area (Å²) in [6, 6.07) is 92.3. The van der Waals surface area contributed by atoms with Crippen LogP contribution in [-0.4, -0.2) is 55.3 Å². The highest BCUT2D eigenvalue weighted by atomic mass is 15.5. The largest absolute Gasteiger partial charge is 0.342 e. The topological polar surface area (TPSA) is 32.4 Å². The molecule has 5 aliphatic carbocycles. The van der Waals surface area contributed by atoms with E-state index in [2.05, 4.69) is 223 Å². The normalized spacial score (nSPS) is 28.4. The fourth-order valence-electron chi connectivity index (χ4n) is 30.2. The fourth-order valence-corrected chi connectivity index (χ4v) is 30.2. The molecule has 5 fully saturated rings. The number of hydrogen-bond acceptors (Lipinski definition) is 10. The van der Waals surface area contributed by atoms with Crippen molar-refractivity contribution >= 4 is 56.9 Å². The highest BCUT2D eigenvalue weighted by Crippen LogP contribution is 2.68. The number of fused-ring (bicyclic) bond motifs is 15. The first-order chi connectivity index (χ1) is 75.4. The SMILES string of the molecule is [2H]C([2H])([2H])C1N(c2ccccc2C)C(C)=C2c3ccccc3C(C)(C3CCCC3)N21.[2H]C([2H])([2H])C1N(c2ccccc2C)C(C)=C2c3ccccc3C(C)(c3ccccc3)N21.[2H]C([2H])([2H])C1N(c2ccccc2C)C(C)=C2c3ccccc3C(C3CCCCC3)(C3CCCC3)N21.[2H]C([2H])([2H])C1N(c2ccccc2C)C(C)=C2c3ccccc3C(C3CCCCC3)(C3CCCCC3)N21.[2H]C([2H])([2H])C1N(c2ccccc2C)C(C)=C2c3ccccc3C([2H])(C)N21. The molecule has 10 heteroatoms. The number of benzene rings is 11. The predicted octanol–water partition coefficient (Wildman–Crippen LogP) is 33.4. The van der Waals surface area contributed by atoms with Crippen molar-refractivity contribution in [3.05, 3.63) is 390 Å². The second kappa shape index (κ2) is 38.0. The third-order valence-electron chi connectivity index (χ3n) is 36.6. The Morgan fingerprint density at radius 3 is 0.880 bits per heavy atom. The van der Waals surface area contributed by atoms with Gasteiger partial charge in [-0.1, -0.05) is 326 Å². The molecule has 0 bridgehead atoms. The molecule has 5 saturated carbocycles. The lowest BCUT2D eigenvalue weighted by atomic mass is 9.61. The zero-order chi connectivity index (χ0) is 112. The molecule has 10 nitrogen and oxygen atoms in total. The van der Waals surface area contributed by atoms with Crippen molar-refractivity contribution in [2.24, 2.45) is 29.6 Å². The van der Waals surface area contributed by atoms with Gasteiger partial charge in [-0.15, -0.1) is 0 Å². The monoisotopic (exact) mass is 1900 g/mol. The van der Waals surface area contributed by atoms with Gasteiger partial charge in [-0.25, -0.2) is 0 Å². The van der Waals surface area contributed by atoms with E-state index in [1.165, 1.54) is 180 Å². The van der Waals surface area contributed by atoms with Gasteiger partial charge in [0, 0.05) is 105 Å². The lowest BCUT2D eigenvalue weighted by Gasteiger charge is -2.54. The van der Waals surface area contributed by atoms with Crippen LogP contribution in [0.2, 0.25) is 0 Å². The average Bonchev–Trinajstić information content (AvgIpc) is 1.50. The molecular formula is C132H156N10. The van der Waals surface area contributed by atoms with E-state index in [1.807, 2.05) is 177 Å². The molecule has 26 rings (SSSR count). The third kappa shape index (κ3) is 14.6. The Kier molecular flexibility index (Phi) is 20.8. The number of anilines is 5. The van der Waals surface area contributed by atoms with Crippen LogP contribution >= 0.6 is 0 Å². The van der Waals surface area contributed by atoms with Crippen molar-refractivity contribution in [3.63, 3.8) is 0 Å². The van der Waals surface area contributed by atoms with Gasteiger partial charge in [-0.05, 0) is 310 Å². The number of hydrogen-bond donors (Lipinski definition) is 0. The Hall–Kier alpha value is -11.9. The highest BCUT2D eigenvalue weighted by Gasteiger charge is 2.65. The molecule has 0 saturated heterocycles. The van der Waals surface area contributed by atoms with Gasteiger partial charge in [-0.3, -0.25) is 0 Å². The molecule has 11 aromatic rings. The van der Waals surface area contributed by atoms with E-state index >= 15 is 0 Å². The molecule has 9 unspecified atom stereocenters. The molecule has 0 aromatic heterocycles. The van der Waals surface area contributed by atoms with Gasteiger partial charge in [0.25, 0.3) is 0 Å². The summed E-state index contributed by atoms with van der Waals surface area (Å²) in [5.74, 6) is 2.43. The molecule has 15 aliphatic rings. The minimum Gasteiger partial charge on any atom is -0.342 e. The first kappa shape index (κ1) is 77.7. The predicted molar refractivity (Wildman–Crippen MR) is 596 cm³/mol. The molecule has 10 heterocycles. The van der Waals surface area contributed by atoms with Crippen LogP contribution < -0.4 is 24.5 Å². The van der Waals surface area contributed by atoms with E-state index in [1.54, 1.807) is 11.8 Å². The zero-order valence-electron chi connectivity index (χ0n) is 102. The van der Waals surface area contributed by atoms with E-state index < -0.39 is 76.6 Å². The van der Waals surface area contributed by atoms with Gasteiger partial charge in [0.2, 0.25) is 0 Å². The van der Waals surface area contributed by atoms with Crippen molar-refractivity contribution < 1.29 is 21.9 Å². The summed E-state index contributed by atoms with van der Waals surface area (Å²) in [4.78, 5) is 21.5. The summed E-state index contributed by atoms with van der Waals surface area (Å²) in [5.41, 5.74) is 32.3. The van der Waals surface area contributed by atoms with E-state index in [9.17, 15) is 0 Å². The lowest BCUT2D eigenvalue weighted by molar-refractivity contribution is -0.0195. The molecule has 0 N–H and O–H groups in total. The Morgan fingerprint density at radius 2 is 0.507 bits per heavy atom. The summed E-state index contributed by atoms with van der Waals surface area (Å²) < 4.78 is 139. The molecule has 0 amide bonds. The Balaban J connectivity index is 0.000000111. The van der Waals surface area contributed by atoms with Crippen molar-refractivity contribution in [3.8, 4) is 0 Å². The summed E-state index contributed by atoms with van der Waals surface area (Å²) in [5, 5.41) is 0. The summed E-state index contributed by atoms with van der Waals surface area (Å²) in [6.07, 6.45) is 24.6. The quantitative estimate of drug-likeness (QED) is 0.125. The van der Waals surface area contributed by atoms with Gasteiger partial charge in [-0.2, -0.15) is 0 Å². The van der Waals surface area contributed by atoms with Crippen LogP contribution in [0.5, 0.6) is 0 Å². The van der Waals surface area contributed by atoms with Crippen LogP contribution in [0.1, 0.15) is 354 Å². The van der Waals surface area contributed by atoms with Gasteiger partial charge in [0.15, 0.2) is 0 Å². The number of aryl methyl sites for hydroxylation is 5. The lowest BCUT2D eigenvalue weighted by Crippen LogP contribution is -2.57. The second-order valence-electron chi connectivity index (χ2n) is 43.7. The van der Waals surface area contributed by atoms with Gasteiger partial charge >= 0.3 is 0 Å². The van der Waals surface area contributed by atoms with Crippen LogP contribution in [0.4, 0.5) is 28.4 Å². The van der Waals surface area contributed by atoms with E-state index in [4.69, 9.17) is 21.9 Å². The number of para-hydroxylation sites is 5. The summed E-state index contributed by atoms with van der Waals surface area (Å²) in [7, 11) is 0. The number of allylic oxidation sites excluding steroid dienone is 5. The van der Waals surface area contributed by atoms with Crippen molar-refractivity contribution in [2.75, 3.05) is 24.5 Å². The number of rotatable bonds is 11. The van der Waals surface area contributed by atoms with E-state index in [0.29, 0.717) is 29.6 Å². The van der Waals surface area contributed by atoms with Crippen molar-refractivity contribution in [1.82, 2.24) is 24.5 Å². The molecule has 9 atom stereocenters. The maximum absolute atomic E-state index is 9.02. The average molecular weight is 1900 g/mol. The van der Waals surface area contributed by atoms with Crippen LogP contribution in [0.25, 0.3) is 28.5 Å². The third-order valence-corrected chi connectivity index (χ3v) is 36.6. The molecular weight excluding hydrogens is 1730 g/mol. The molecule has 11 aromatic carbocycles.